The lowest BCUT2D eigenvalue weighted by atomic mass is 9.84. The molecule has 0 unspecified atom stereocenters. The maximum absolute atomic E-state index is 14.0. The van der Waals surface area contributed by atoms with Gasteiger partial charge in [-0.2, -0.15) is 0 Å². The van der Waals surface area contributed by atoms with E-state index in [1.807, 2.05) is 26.8 Å². The highest BCUT2D eigenvalue weighted by molar-refractivity contribution is 5.74. The third-order valence-electron chi connectivity index (χ3n) is 4.03. The summed E-state index contributed by atoms with van der Waals surface area (Å²) in [6.07, 6.45) is 2.54. The monoisotopic (exact) mass is 359 g/mol. The predicted octanol–water partition coefficient (Wildman–Crippen LogP) is 3.79. The van der Waals surface area contributed by atoms with E-state index in [2.05, 4.69) is 15.6 Å². The minimum atomic E-state index is -0.521. The summed E-state index contributed by atoms with van der Waals surface area (Å²) in [5.41, 5.74) is 0.860. The van der Waals surface area contributed by atoms with Crippen molar-refractivity contribution in [1.82, 2.24) is 15.6 Å². The molecule has 26 heavy (non-hydrogen) atoms. The van der Waals surface area contributed by atoms with E-state index in [1.165, 1.54) is 6.07 Å². The SMILES string of the molecule is CCCOc1ncccc1CNC(=O)NCC(C)(C)c1ccccc1F. The van der Waals surface area contributed by atoms with Gasteiger partial charge in [-0.3, -0.25) is 0 Å². The van der Waals surface area contributed by atoms with Gasteiger partial charge in [0.2, 0.25) is 5.88 Å². The van der Waals surface area contributed by atoms with E-state index in [0.29, 0.717) is 31.1 Å². The molecule has 1 heterocycles. The van der Waals surface area contributed by atoms with Crippen LogP contribution in [0.4, 0.5) is 9.18 Å². The largest absolute Gasteiger partial charge is 0.477 e. The van der Waals surface area contributed by atoms with Crippen LogP contribution in [-0.4, -0.2) is 24.2 Å². The van der Waals surface area contributed by atoms with Gasteiger partial charge < -0.3 is 15.4 Å². The summed E-state index contributed by atoms with van der Waals surface area (Å²) in [6.45, 7) is 7.00. The van der Waals surface area contributed by atoms with Crippen LogP contribution >= 0.6 is 0 Å². The average molecular weight is 359 g/mol. The molecule has 0 radical (unpaired) electrons. The van der Waals surface area contributed by atoms with Crippen LogP contribution in [0.15, 0.2) is 42.6 Å². The summed E-state index contributed by atoms with van der Waals surface area (Å²) in [6, 6.07) is 9.96. The van der Waals surface area contributed by atoms with Crippen molar-refractivity contribution in [3.63, 3.8) is 0 Å². The van der Waals surface area contributed by atoms with Crippen LogP contribution in [0.25, 0.3) is 0 Å². The van der Waals surface area contributed by atoms with Gasteiger partial charge in [0.1, 0.15) is 5.82 Å². The minimum absolute atomic E-state index is 0.271. The van der Waals surface area contributed by atoms with Crippen LogP contribution in [0.5, 0.6) is 5.88 Å². The number of ether oxygens (including phenoxy) is 1. The average Bonchev–Trinajstić information content (AvgIpc) is 2.64. The summed E-state index contributed by atoms with van der Waals surface area (Å²) in [7, 11) is 0. The Morgan fingerprint density at radius 2 is 1.96 bits per heavy atom. The molecule has 0 spiro atoms. The minimum Gasteiger partial charge on any atom is -0.477 e. The molecule has 0 aliphatic carbocycles. The third-order valence-corrected chi connectivity index (χ3v) is 4.03. The topological polar surface area (TPSA) is 63.2 Å². The van der Waals surface area contributed by atoms with Gasteiger partial charge in [0.05, 0.1) is 6.61 Å². The summed E-state index contributed by atoms with van der Waals surface area (Å²) in [5, 5.41) is 5.59. The van der Waals surface area contributed by atoms with Crippen LogP contribution in [0.1, 0.15) is 38.3 Å². The molecule has 0 aliphatic rings. The molecule has 0 atom stereocenters. The van der Waals surface area contributed by atoms with Gasteiger partial charge in [-0.15, -0.1) is 0 Å². The number of halogens is 1. The van der Waals surface area contributed by atoms with Gasteiger partial charge in [0.15, 0.2) is 0 Å². The summed E-state index contributed by atoms with van der Waals surface area (Å²) >= 11 is 0. The number of hydrogen-bond acceptors (Lipinski definition) is 3. The molecule has 140 valence electrons. The van der Waals surface area contributed by atoms with Gasteiger partial charge in [-0.25, -0.2) is 14.2 Å². The number of nitrogens with one attached hydrogen (secondary N) is 2. The zero-order valence-corrected chi connectivity index (χ0v) is 15.5. The maximum atomic E-state index is 14.0. The summed E-state index contributed by atoms with van der Waals surface area (Å²) in [5.74, 6) is 0.258. The lowest BCUT2D eigenvalue weighted by Gasteiger charge is -2.26. The second-order valence-corrected chi connectivity index (χ2v) is 6.72. The summed E-state index contributed by atoms with van der Waals surface area (Å²) < 4.78 is 19.6. The number of urea groups is 1. The maximum Gasteiger partial charge on any atom is 0.315 e. The molecule has 2 rings (SSSR count). The van der Waals surface area contributed by atoms with Crippen molar-refractivity contribution in [2.24, 2.45) is 0 Å². The number of nitrogens with zero attached hydrogens (tertiary/aromatic N) is 1. The fourth-order valence-electron chi connectivity index (χ4n) is 2.53. The Bertz CT molecular complexity index is 735. The van der Waals surface area contributed by atoms with E-state index < -0.39 is 5.41 Å². The number of amides is 2. The molecule has 0 bridgehead atoms. The van der Waals surface area contributed by atoms with Crippen LogP contribution < -0.4 is 15.4 Å². The van der Waals surface area contributed by atoms with Gasteiger partial charge in [-0.1, -0.05) is 45.0 Å². The number of carbonyl (C=O) groups is 1. The number of hydrogen-bond donors (Lipinski definition) is 2. The first-order chi connectivity index (χ1) is 12.4. The van der Waals surface area contributed by atoms with E-state index >= 15 is 0 Å². The van der Waals surface area contributed by atoms with Crippen LogP contribution in [0, 0.1) is 5.82 Å². The standard InChI is InChI=1S/C20H26FN3O2/c1-4-12-26-18-15(8-7-11-22-18)13-23-19(25)24-14-20(2,3)16-9-5-6-10-17(16)21/h5-11H,4,12-14H2,1-3H3,(H2,23,24,25). The Balaban J connectivity index is 1.89. The number of pyridine rings is 1. The second kappa shape index (κ2) is 9.17. The Hall–Kier alpha value is -2.63. The van der Waals surface area contributed by atoms with E-state index in [4.69, 9.17) is 4.74 Å². The molecule has 2 N–H and O–H groups in total. The zero-order valence-electron chi connectivity index (χ0n) is 15.5. The predicted molar refractivity (Wildman–Crippen MR) is 99.7 cm³/mol. The van der Waals surface area contributed by atoms with Crippen molar-refractivity contribution in [2.75, 3.05) is 13.2 Å². The fourth-order valence-corrected chi connectivity index (χ4v) is 2.53. The molecular weight excluding hydrogens is 333 g/mol. The van der Waals surface area contributed by atoms with Crippen molar-refractivity contribution < 1.29 is 13.9 Å². The second-order valence-electron chi connectivity index (χ2n) is 6.72. The van der Waals surface area contributed by atoms with E-state index in [9.17, 15) is 9.18 Å². The molecule has 1 aromatic carbocycles. The molecular formula is C20H26FN3O2. The van der Waals surface area contributed by atoms with Crippen molar-refractivity contribution in [3.8, 4) is 5.88 Å². The van der Waals surface area contributed by atoms with E-state index in [1.54, 1.807) is 30.5 Å². The van der Waals surface area contributed by atoms with Gasteiger partial charge >= 0.3 is 6.03 Å². The highest BCUT2D eigenvalue weighted by Crippen LogP contribution is 2.24. The molecule has 2 aromatic rings. The zero-order chi connectivity index (χ0) is 19.0. The Kier molecular flexibility index (Phi) is 6.95. The van der Waals surface area contributed by atoms with E-state index in [0.717, 1.165) is 12.0 Å². The van der Waals surface area contributed by atoms with Crippen LogP contribution in [-0.2, 0) is 12.0 Å². The van der Waals surface area contributed by atoms with Crippen LogP contribution in [0.3, 0.4) is 0 Å². The normalized spacial score (nSPS) is 11.1. The third kappa shape index (κ3) is 5.44. The fraction of sp³-hybridized carbons (Fsp3) is 0.400. The smallest absolute Gasteiger partial charge is 0.315 e. The lowest BCUT2D eigenvalue weighted by Crippen LogP contribution is -2.42. The molecule has 0 saturated carbocycles. The number of aromatic nitrogens is 1. The molecule has 0 saturated heterocycles. The van der Waals surface area contributed by atoms with Gasteiger partial charge in [-0.05, 0) is 24.1 Å². The van der Waals surface area contributed by atoms with E-state index in [-0.39, 0.29) is 11.8 Å². The quantitative estimate of drug-likeness (QED) is 0.754. The highest BCUT2D eigenvalue weighted by Gasteiger charge is 2.24. The molecule has 1 aromatic heterocycles. The van der Waals surface area contributed by atoms with Crippen LogP contribution in [0.2, 0.25) is 0 Å². The molecule has 6 heteroatoms. The first-order valence-electron chi connectivity index (χ1n) is 8.77. The Morgan fingerprint density at radius 3 is 2.69 bits per heavy atom. The van der Waals surface area contributed by atoms with Gasteiger partial charge in [0, 0.05) is 30.3 Å². The number of rotatable bonds is 8. The molecule has 0 fully saturated rings. The molecule has 5 nitrogen and oxygen atoms in total. The number of benzene rings is 1. The molecule has 2 amide bonds. The van der Waals surface area contributed by atoms with Crippen molar-refractivity contribution >= 4 is 6.03 Å². The first kappa shape index (κ1) is 19.7. The van der Waals surface area contributed by atoms with Crippen molar-refractivity contribution in [3.05, 3.63) is 59.5 Å². The van der Waals surface area contributed by atoms with Gasteiger partial charge in [0.25, 0.3) is 0 Å². The Labute approximate surface area is 154 Å². The first-order valence-corrected chi connectivity index (χ1v) is 8.77. The molecule has 0 aliphatic heterocycles. The van der Waals surface area contributed by atoms with Crippen molar-refractivity contribution in [1.29, 1.82) is 0 Å². The number of carbonyl (C=O) groups excluding carboxylic acids is 1. The van der Waals surface area contributed by atoms with Crippen molar-refractivity contribution in [2.45, 2.75) is 39.2 Å². The lowest BCUT2D eigenvalue weighted by molar-refractivity contribution is 0.237. The Morgan fingerprint density at radius 1 is 1.19 bits per heavy atom. The summed E-state index contributed by atoms with van der Waals surface area (Å²) in [4.78, 5) is 16.3. The highest BCUT2D eigenvalue weighted by atomic mass is 19.1.